The van der Waals surface area contributed by atoms with E-state index in [0.29, 0.717) is 44.0 Å². The number of amides is 1. The fourth-order valence-corrected chi connectivity index (χ4v) is 10.5. The van der Waals surface area contributed by atoms with Gasteiger partial charge in [-0.25, -0.2) is 14.8 Å². The standard InChI is InChI=1S/C56H72N6O7/c1-38-33-62(54(64)69-55(3,4)5)39(2)32-61(38)34-41-24-26-60(27-25-41)53-57-48-23-18-43(47-35-59(6)50(63)30-49(47)65-7)29-46(48)52(58-53)56(31-40-16-17-40,37-68-51-15-11-12-28-66-51)44-19-21-45(22-20-44)67-36-42-13-9-8-10-14-42/h8-10,13-14,18-23,29-30,35,38-41,51H,11-12,15-17,24-28,31-34,36-37H2,1-7H3/t38-,39+,51?,56?/m0/s1. The predicted molar refractivity (Wildman–Crippen MR) is 270 cm³/mol. The van der Waals surface area contributed by atoms with E-state index in [1.165, 1.54) is 0 Å². The van der Waals surface area contributed by atoms with Gasteiger partial charge in [-0.2, -0.15) is 0 Å². The van der Waals surface area contributed by atoms with Crippen molar-refractivity contribution in [2.45, 2.75) is 122 Å². The lowest BCUT2D eigenvalue weighted by Gasteiger charge is -2.46. The number of benzene rings is 3. The second-order valence-electron chi connectivity index (χ2n) is 21.2. The summed E-state index contributed by atoms with van der Waals surface area (Å²) < 4.78 is 32.7. The van der Waals surface area contributed by atoms with E-state index in [1.54, 1.807) is 24.8 Å². The number of carbonyl (C=O) groups is 1. The van der Waals surface area contributed by atoms with E-state index in [1.807, 2.05) is 50.1 Å². The average molecular weight is 941 g/mol. The van der Waals surface area contributed by atoms with Gasteiger partial charge in [-0.1, -0.05) is 61.4 Å². The molecule has 9 rings (SSSR count). The Labute approximate surface area is 408 Å². The Kier molecular flexibility index (Phi) is 14.7. The third-order valence-electron chi connectivity index (χ3n) is 14.6. The SMILES string of the molecule is COc1cc(=O)n(C)cc1-c1ccc2nc(N3CCC(CN4C[C@@H](C)N(C(=O)OC(C)(C)C)C[C@@H]4C)CC3)nc(C(COC3CCCCO3)(CC3CC3)c3ccc(OCc4ccccc4)cc3)c2c1. The summed E-state index contributed by atoms with van der Waals surface area (Å²) in [5, 5.41) is 0.939. The Morgan fingerprint density at radius 1 is 0.855 bits per heavy atom. The van der Waals surface area contributed by atoms with Crippen LogP contribution >= 0.6 is 0 Å². The molecule has 5 heterocycles. The molecule has 0 radical (unpaired) electrons. The minimum atomic E-state index is -0.672. The molecule has 1 amide bonds. The van der Waals surface area contributed by atoms with E-state index in [0.717, 1.165) is 128 Å². The molecule has 2 aromatic heterocycles. The predicted octanol–water partition coefficient (Wildman–Crippen LogP) is 9.76. The second-order valence-corrected chi connectivity index (χ2v) is 21.2. The summed E-state index contributed by atoms with van der Waals surface area (Å²) in [5.74, 6) is 3.05. The van der Waals surface area contributed by atoms with Crippen LogP contribution in [0.1, 0.15) is 103 Å². The van der Waals surface area contributed by atoms with Crippen LogP contribution in [0, 0.1) is 11.8 Å². The molecule has 2 unspecified atom stereocenters. The fourth-order valence-electron chi connectivity index (χ4n) is 10.5. The number of pyridine rings is 1. The number of anilines is 1. The van der Waals surface area contributed by atoms with Gasteiger partial charge in [-0.3, -0.25) is 9.69 Å². The fraction of sp³-hybridized carbons (Fsp3) is 0.536. The van der Waals surface area contributed by atoms with Crippen LogP contribution in [0.4, 0.5) is 10.7 Å². The van der Waals surface area contributed by atoms with E-state index in [-0.39, 0.29) is 30.0 Å². The highest BCUT2D eigenvalue weighted by atomic mass is 16.7. The lowest BCUT2D eigenvalue weighted by Crippen LogP contribution is -2.59. The Balaban J connectivity index is 1.07. The van der Waals surface area contributed by atoms with E-state index >= 15 is 0 Å². The number of piperidine rings is 1. The van der Waals surface area contributed by atoms with Crippen LogP contribution in [0.5, 0.6) is 11.5 Å². The van der Waals surface area contributed by atoms with Gasteiger partial charge in [0.05, 0.1) is 30.3 Å². The van der Waals surface area contributed by atoms with Gasteiger partial charge in [0.1, 0.15) is 23.7 Å². The van der Waals surface area contributed by atoms with E-state index in [9.17, 15) is 9.59 Å². The molecule has 0 bridgehead atoms. The first kappa shape index (κ1) is 48.5. The first-order valence-corrected chi connectivity index (χ1v) is 25.3. The van der Waals surface area contributed by atoms with Gasteiger partial charge in [-0.15, -0.1) is 0 Å². The number of rotatable bonds is 15. The number of ether oxygens (including phenoxy) is 5. The molecule has 3 aliphatic heterocycles. The number of carbonyl (C=O) groups excluding carboxylic acids is 1. The van der Waals surface area contributed by atoms with Gasteiger partial charge in [0.25, 0.3) is 5.56 Å². The highest BCUT2D eigenvalue weighted by Crippen LogP contribution is 2.49. The van der Waals surface area contributed by atoms with Crippen LogP contribution in [-0.2, 0) is 33.3 Å². The first-order valence-electron chi connectivity index (χ1n) is 25.3. The van der Waals surface area contributed by atoms with Crippen molar-refractivity contribution in [3.63, 3.8) is 0 Å². The Morgan fingerprint density at radius 3 is 2.32 bits per heavy atom. The molecule has 0 N–H and O–H groups in total. The second kappa shape index (κ2) is 20.8. The molecule has 13 heteroatoms. The maximum Gasteiger partial charge on any atom is 0.410 e. The summed E-state index contributed by atoms with van der Waals surface area (Å²) in [7, 11) is 3.37. The third-order valence-corrected chi connectivity index (χ3v) is 14.6. The van der Waals surface area contributed by atoms with E-state index in [2.05, 4.69) is 78.2 Å². The Hall–Kier alpha value is -5.50. The van der Waals surface area contributed by atoms with Crippen molar-refractivity contribution in [1.82, 2.24) is 24.3 Å². The van der Waals surface area contributed by atoms with Crippen molar-refractivity contribution in [3.05, 3.63) is 112 Å². The number of hydrogen-bond donors (Lipinski definition) is 0. The maximum atomic E-state index is 13.1. The summed E-state index contributed by atoms with van der Waals surface area (Å²) in [6.07, 6.45) is 9.44. The van der Waals surface area contributed by atoms with Crippen molar-refractivity contribution < 1.29 is 28.5 Å². The van der Waals surface area contributed by atoms with Crippen molar-refractivity contribution >= 4 is 22.9 Å². The van der Waals surface area contributed by atoms with Gasteiger partial charge in [0.15, 0.2) is 6.29 Å². The molecular weight excluding hydrogens is 869 g/mol. The van der Waals surface area contributed by atoms with Gasteiger partial charge in [-0.05, 0) is 126 Å². The molecule has 4 aliphatic rings. The van der Waals surface area contributed by atoms with Gasteiger partial charge in [0, 0.05) is 81.7 Å². The first-order chi connectivity index (χ1) is 33.2. The maximum absolute atomic E-state index is 13.1. The molecule has 5 aromatic rings. The van der Waals surface area contributed by atoms with E-state index < -0.39 is 11.0 Å². The minimum absolute atomic E-state index is 0.0681. The number of aryl methyl sites for hydroxylation is 1. The molecular formula is C56H72N6O7. The van der Waals surface area contributed by atoms with E-state index in [4.69, 9.17) is 33.7 Å². The zero-order chi connectivity index (χ0) is 48.3. The Morgan fingerprint density at radius 2 is 1.62 bits per heavy atom. The monoisotopic (exact) mass is 941 g/mol. The van der Waals surface area contributed by atoms with Crippen LogP contribution in [-0.4, -0.2) is 107 Å². The van der Waals surface area contributed by atoms with Crippen molar-refractivity contribution in [2.75, 3.05) is 57.9 Å². The van der Waals surface area contributed by atoms with Crippen LogP contribution < -0.4 is 19.9 Å². The molecule has 3 aromatic carbocycles. The summed E-state index contributed by atoms with van der Waals surface area (Å²) >= 11 is 0. The van der Waals surface area contributed by atoms with Crippen molar-refractivity contribution in [3.8, 4) is 22.6 Å². The normalized spacial score (nSPS) is 21.5. The number of piperazine rings is 1. The smallest absolute Gasteiger partial charge is 0.410 e. The zero-order valence-corrected chi connectivity index (χ0v) is 41.8. The molecule has 368 valence electrons. The third kappa shape index (κ3) is 11.4. The molecule has 1 saturated carbocycles. The topological polar surface area (TPSA) is 121 Å². The highest BCUT2D eigenvalue weighted by molar-refractivity contribution is 5.89. The summed E-state index contributed by atoms with van der Waals surface area (Å²) in [4.78, 5) is 43.9. The number of fused-ring (bicyclic) bond motifs is 1. The molecule has 13 nitrogen and oxygen atoms in total. The van der Waals surface area contributed by atoms with Gasteiger partial charge < -0.3 is 38.1 Å². The summed E-state index contributed by atoms with van der Waals surface area (Å²) in [6, 6.07) is 27.1. The molecule has 0 spiro atoms. The number of hydrogen-bond acceptors (Lipinski definition) is 11. The highest BCUT2D eigenvalue weighted by Gasteiger charge is 2.44. The molecule has 4 atom stereocenters. The number of nitrogens with zero attached hydrogens (tertiary/aromatic N) is 6. The van der Waals surface area contributed by atoms with Crippen molar-refractivity contribution in [1.29, 1.82) is 0 Å². The summed E-state index contributed by atoms with van der Waals surface area (Å²) in [6.45, 7) is 15.8. The molecule has 4 fully saturated rings. The summed E-state index contributed by atoms with van der Waals surface area (Å²) in [5.41, 5.74) is 4.40. The largest absolute Gasteiger partial charge is 0.496 e. The quantitative estimate of drug-likeness (QED) is 0.0998. The van der Waals surface area contributed by atoms with Crippen LogP contribution in [0.3, 0.4) is 0 Å². The van der Waals surface area contributed by atoms with Crippen LogP contribution in [0.15, 0.2) is 89.9 Å². The van der Waals surface area contributed by atoms with Gasteiger partial charge >= 0.3 is 6.09 Å². The zero-order valence-electron chi connectivity index (χ0n) is 41.8. The van der Waals surface area contributed by atoms with Crippen molar-refractivity contribution in [2.24, 2.45) is 18.9 Å². The van der Waals surface area contributed by atoms with Gasteiger partial charge in [0.2, 0.25) is 5.95 Å². The molecule has 3 saturated heterocycles. The lowest BCUT2D eigenvalue weighted by molar-refractivity contribution is -0.170. The lowest BCUT2D eigenvalue weighted by atomic mass is 9.72. The minimum Gasteiger partial charge on any atom is -0.496 e. The van der Waals surface area contributed by atoms with Crippen LogP contribution in [0.2, 0.25) is 0 Å². The Bertz CT molecular complexity index is 2600. The average Bonchev–Trinajstić information content (AvgIpc) is 4.18. The number of methoxy groups -OCH3 is 1. The van der Waals surface area contributed by atoms with Crippen LogP contribution in [0.25, 0.3) is 22.0 Å². The number of aromatic nitrogens is 3. The molecule has 69 heavy (non-hydrogen) atoms. The molecule has 1 aliphatic carbocycles.